The molecule has 2 aromatic heterocycles. The fourth-order valence-electron chi connectivity index (χ4n) is 1.67. The van der Waals surface area contributed by atoms with Crippen LogP contribution in [-0.4, -0.2) is 19.6 Å². The van der Waals surface area contributed by atoms with E-state index in [1.54, 1.807) is 6.20 Å². The van der Waals surface area contributed by atoms with Gasteiger partial charge in [0, 0.05) is 31.5 Å². The molecule has 16 heavy (non-hydrogen) atoms. The largest absolute Gasteiger partial charge is 0.363 e. The monoisotopic (exact) mass is 219 g/mol. The molecule has 0 fully saturated rings. The molecule has 0 aromatic carbocycles. The van der Waals surface area contributed by atoms with Crippen molar-refractivity contribution in [2.45, 2.75) is 26.9 Å². The zero-order chi connectivity index (χ0) is 11.5. The van der Waals surface area contributed by atoms with Gasteiger partial charge in [0.2, 0.25) is 0 Å². The normalized spacial score (nSPS) is 10.7. The summed E-state index contributed by atoms with van der Waals surface area (Å²) < 4.78 is 3.84. The molecule has 2 heterocycles. The molecular weight excluding hydrogens is 202 g/mol. The Hall–Kier alpha value is -1.78. The average molecular weight is 219 g/mol. The summed E-state index contributed by atoms with van der Waals surface area (Å²) in [4.78, 5) is 0. The fraction of sp³-hybridized carbons (Fsp3) is 0.455. The van der Waals surface area contributed by atoms with Crippen LogP contribution in [0.15, 0.2) is 18.3 Å². The van der Waals surface area contributed by atoms with E-state index in [0.29, 0.717) is 0 Å². The molecule has 2 rings (SSSR count). The third-order valence-corrected chi connectivity index (χ3v) is 2.65. The number of rotatable bonds is 4. The first-order chi connectivity index (χ1) is 7.70. The number of aromatic nitrogens is 4. The summed E-state index contributed by atoms with van der Waals surface area (Å²) in [6.45, 7) is 5.80. The second-order valence-electron chi connectivity index (χ2n) is 3.79. The predicted molar refractivity (Wildman–Crippen MR) is 63.2 cm³/mol. The van der Waals surface area contributed by atoms with Crippen LogP contribution in [0.5, 0.6) is 0 Å². The molecule has 2 aromatic rings. The smallest absolute Gasteiger partial charge is 0.148 e. The van der Waals surface area contributed by atoms with Crippen LogP contribution in [0.3, 0.4) is 0 Å². The summed E-state index contributed by atoms with van der Waals surface area (Å²) in [5.74, 6) is 0.917. The van der Waals surface area contributed by atoms with Gasteiger partial charge in [0.25, 0.3) is 0 Å². The van der Waals surface area contributed by atoms with Crippen LogP contribution >= 0.6 is 0 Å². The predicted octanol–water partition coefficient (Wildman–Crippen LogP) is 1.56. The van der Waals surface area contributed by atoms with Gasteiger partial charge in [-0.05, 0) is 19.9 Å². The lowest BCUT2D eigenvalue weighted by Gasteiger charge is -2.03. The number of hydrogen-bond acceptors (Lipinski definition) is 3. The highest BCUT2D eigenvalue weighted by molar-refractivity contribution is 5.36. The number of hydrogen-bond donors (Lipinski definition) is 1. The van der Waals surface area contributed by atoms with E-state index in [9.17, 15) is 0 Å². The maximum Gasteiger partial charge on any atom is 0.148 e. The van der Waals surface area contributed by atoms with Gasteiger partial charge in [-0.15, -0.1) is 0 Å². The third kappa shape index (κ3) is 2.08. The van der Waals surface area contributed by atoms with Crippen molar-refractivity contribution in [2.24, 2.45) is 7.05 Å². The van der Waals surface area contributed by atoms with Gasteiger partial charge in [-0.25, -0.2) is 0 Å². The average Bonchev–Trinajstić information content (AvgIpc) is 2.82. The van der Waals surface area contributed by atoms with Gasteiger partial charge in [0.05, 0.1) is 12.2 Å². The molecule has 5 heteroatoms. The second kappa shape index (κ2) is 4.38. The van der Waals surface area contributed by atoms with E-state index in [2.05, 4.69) is 35.4 Å². The van der Waals surface area contributed by atoms with E-state index >= 15 is 0 Å². The summed E-state index contributed by atoms with van der Waals surface area (Å²) in [7, 11) is 1.94. The summed E-state index contributed by atoms with van der Waals surface area (Å²) >= 11 is 0. The Bertz CT molecular complexity index is 468. The van der Waals surface area contributed by atoms with E-state index in [0.717, 1.165) is 24.6 Å². The van der Waals surface area contributed by atoms with Crippen LogP contribution < -0.4 is 5.32 Å². The van der Waals surface area contributed by atoms with Gasteiger partial charge in [0.1, 0.15) is 5.82 Å². The lowest BCUT2D eigenvalue weighted by molar-refractivity contribution is 0.640. The highest BCUT2D eigenvalue weighted by Crippen LogP contribution is 2.09. The van der Waals surface area contributed by atoms with Crippen LogP contribution in [-0.2, 0) is 20.1 Å². The minimum absolute atomic E-state index is 0.747. The first-order valence-electron chi connectivity index (χ1n) is 5.46. The number of aryl methyl sites for hydroxylation is 3. The van der Waals surface area contributed by atoms with Gasteiger partial charge in [-0.3, -0.25) is 9.36 Å². The molecule has 0 unspecified atom stereocenters. The Morgan fingerprint density at radius 3 is 2.81 bits per heavy atom. The summed E-state index contributed by atoms with van der Waals surface area (Å²) in [6.07, 6.45) is 1.80. The van der Waals surface area contributed by atoms with Crippen molar-refractivity contribution in [3.8, 4) is 0 Å². The molecule has 86 valence electrons. The fourth-order valence-corrected chi connectivity index (χ4v) is 1.67. The Kier molecular flexibility index (Phi) is 2.94. The van der Waals surface area contributed by atoms with Crippen molar-refractivity contribution < 1.29 is 0 Å². The van der Waals surface area contributed by atoms with Crippen molar-refractivity contribution in [2.75, 3.05) is 5.32 Å². The quantitative estimate of drug-likeness (QED) is 0.848. The van der Waals surface area contributed by atoms with Gasteiger partial charge in [-0.1, -0.05) is 0 Å². The summed E-state index contributed by atoms with van der Waals surface area (Å²) in [5.41, 5.74) is 2.32. The van der Waals surface area contributed by atoms with Crippen molar-refractivity contribution in [3.63, 3.8) is 0 Å². The zero-order valence-corrected chi connectivity index (χ0v) is 9.94. The number of anilines is 1. The van der Waals surface area contributed by atoms with E-state index in [4.69, 9.17) is 0 Å². The molecule has 0 aliphatic rings. The molecule has 0 radical (unpaired) electrons. The van der Waals surface area contributed by atoms with Gasteiger partial charge < -0.3 is 5.32 Å². The molecule has 0 amide bonds. The maximum atomic E-state index is 4.43. The van der Waals surface area contributed by atoms with Crippen LogP contribution in [0.2, 0.25) is 0 Å². The minimum atomic E-state index is 0.747. The van der Waals surface area contributed by atoms with Crippen LogP contribution in [0, 0.1) is 6.92 Å². The van der Waals surface area contributed by atoms with E-state index < -0.39 is 0 Å². The molecule has 0 aliphatic heterocycles. The third-order valence-electron chi connectivity index (χ3n) is 2.65. The second-order valence-corrected chi connectivity index (χ2v) is 3.79. The maximum absolute atomic E-state index is 4.43. The Balaban J connectivity index is 2.02. The molecule has 0 aliphatic carbocycles. The highest BCUT2D eigenvalue weighted by atomic mass is 15.3. The van der Waals surface area contributed by atoms with E-state index in [1.165, 1.54) is 5.69 Å². The van der Waals surface area contributed by atoms with E-state index in [1.807, 2.05) is 22.5 Å². The molecule has 0 saturated heterocycles. The molecule has 5 nitrogen and oxygen atoms in total. The van der Waals surface area contributed by atoms with Crippen molar-refractivity contribution >= 4 is 5.82 Å². The van der Waals surface area contributed by atoms with Crippen LogP contribution in [0.1, 0.15) is 18.3 Å². The Morgan fingerprint density at radius 1 is 1.44 bits per heavy atom. The number of nitrogens with zero attached hydrogens (tertiary/aromatic N) is 4. The molecule has 0 saturated carbocycles. The van der Waals surface area contributed by atoms with E-state index in [-0.39, 0.29) is 0 Å². The van der Waals surface area contributed by atoms with Crippen molar-refractivity contribution in [1.82, 2.24) is 19.6 Å². The van der Waals surface area contributed by atoms with Gasteiger partial charge in [-0.2, -0.15) is 10.2 Å². The SMILES string of the molecule is CCn1nc(NCc2ccnn2C)cc1C. The van der Waals surface area contributed by atoms with Crippen molar-refractivity contribution in [3.05, 3.63) is 29.7 Å². The first-order valence-corrected chi connectivity index (χ1v) is 5.46. The standard InChI is InChI=1S/C11H17N5/c1-4-16-9(2)7-11(14-16)12-8-10-5-6-13-15(10)3/h5-7H,4,8H2,1-3H3,(H,12,14). The van der Waals surface area contributed by atoms with Gasteiger partial charge >= 0.3 is 0 Å². The van der Waals surface area contributed by atoms with Crippen LogP contribution in [0.4, 0.5) is 5.82 Å². The topological polar surface area (TPSA) is 47.7 Å². The molecular formula is C11H17N5. The summed E-state index contributed by atoms with van der Waals surface area (Å²) in [6, 6.07) is 4.05. The molecule has 1 N–H and O–H groups in total. The van der Waals surface area contributed by atoms with Crippen molar-refractivity contribution in [1.29, 1.82) is 0 Å². The minimum Gasteiger partial charge on any atom is -0.363 e. The lowest BCUT2D eigenvalue weighted by Crippen LogP contribution is -2.06. The Labute approximate surface area is 95.1 Å². The Morgan fingerprint density at radius 2 is 2.25 bits per heavy atom. The number of nitrogens with one attached hydrogen (secondary N) is 1. The lowest BCUT2D eigenvalue weighted by atomic mass is 10.4. The highest BCUT2D eigenvalue weighted by Gasteiger charge is 2.03. The summed E-state index contributed by atoms with van der Waals surface area (Å²) in [5, 5.41) is 11.8. The van der Waals surface area contributed by atoms with Crippen LogP contribution in [0.25, 0.3) is 0 Å². The zero-order valence-electron chi connectivity index (χ0n) is 9.94. The molecule has 0 spiro atoms. The molecule has 0 atom stereocenters. The first kappa shape index (κ1) is 10.7. The van der Waals surface area contributed by atoms with Gasteiger partial charge in [0.15, 0.2) is 0 Å². The molecule has 0 bridgehead atoms.